The third-order valence-corrected chi connectivity index (χ3v) is 3.37. The van der Waals surface area contributed by atoms with Gasteiger partial charge in [-0.05, 0) is 13.3 Å². The molecule has 29 heavy (non-hydrogen) atoms. The highest BCUT2D eigenvalue weighted by atomic mass is 16.4. The van der Waals surface area contributed by atoms with Crippen molar-refractivity contribution in [3.05, 3.63) is 34.6 Å². The lowest BCUT2D eigenvalue weighted by Crippen LogP contribution is -2.26. The number of nitrogens with zero attached hydrogens (tertiary/aromatic N) is 3. The molecule has 158 valence electrons. The largest absolute Gasteiger partial charge is 0.481 e. The lowest BCUT2D eigenvalue weighted by Gasteiger charge is -2.11. The van der Waals surface area contributed by atoms with Crippen molar-refractivity contribution >= 4 is 29.6 Å². The molecule has 0 spiro atoms. The Morgan fingerprint density at radius 2 is 1.93 bits per heavy atom. The zero-order chi connectivity index (χ0) is 21.8. The maximum absolute atomic E-state index is 11.9. The number of H-pyrrole nitrogens is 1. The van der Waals surface area contributed by atoms with Crippen LogP contribution in [-0.4, -0.2) is 54.1 Å². The van der Waals surface area contributed by atoms with Crippen molar-refractivity contribution in [1.29, 1.82) is 0 Å². The first-order valence-corrected chi connectivity index (χ1v) is 8.71. The highest BCUT2D eigenvalue weighted by Gasteiger charge is 2.08. The van der Waals surface area contributed by atoms with Crippen LogP contribution in [0.4, 0.5) is 11.8 Å². The fourth-order valence-electron chi connectivity index (χ4n) is 2.16. The summed E-state index contributed by atoms with van der Waals surface area (Å²) in [5.74, 6) is -1.17. The number of rotatable bonds is 9. The Hall–Kier alpha value is -3.70. The van der Waals surface area contributed by atoms with E-state index in [4.69, 9.17) is 15.0 Å². The second kappa shape index (κ2) is 11.9. The highest BCUT2D eigenvalue weighted by molar-refractivity contribution is 5.89. The number of carbonyl (C=O) groups excluding carboxylic acids is 1. The Morgan fingerprint density at radius 1 is 1.24 bits per heavy atom. The molecule has 2 aromatic rings. The molecule has 1 amide bonds. The van der Waals surface area contributed by atoms with E-state index in [1.54, 1.807) is 19.3 Å². The van der Waals surface area contributed by atoms with Crippen molar-refractivity contribution in [2.24, 2.45) is 0 Å². The van der Waals surface area contributed by atoms with E-state index in [2.05, 4.69) is 25.6 Å². The first kappa shape index (κ1) is 23.3. The van der Waals surface area contributed by atoms with Crippen molar-refractivity contribution in [3.63, 3.8) is 0 Å². The number of carboxylic acid groups (broad SMARTS) is 2. The summed E-state index contributed by atoms with van der Waals surface area (Å²) in [5, 5.41) is 21.6. The molecule has 2 rings (SSSR count). The van der Waals surface area contributed by atoms with Crippen LogP contribution in [0.5, 0.6) is 0 Å². The van der Waals surface area contributed by atoms with E-state index >= 15 is 0 Å². The number of amides is 1. The highest BCUT2D eigenvalue weighted by Crippen LogP contribution is 2.08. The standard InChI is InChI=1S/C15H20N6O4.C2H4O2/c1-10-9-21(8-2-3-12(23)24)15(25)20-13(10)16-5-4-11(22)19-14-17-6-7-18-14;1-2(3)4/h6-7,9H,2-5,8H2,1H3,(H,23,24)(H,16,20,25)(H2,17,18,19,22);1H3,(H,3,4). The maximum Gasteiger partial charge on any atom is 0.349 e. The number of aliphatic carboxylic acids is 2. The van der Waals surface area contributed by atoms with Crippen molar-refractivity contribution in [2.75, 3.05) is 17.2 Å². The van der Waals surface area contributed by atoms with E-state index in [1.165, 1.54) is 10.8 Å². The van der Waals surface area contributed by atoms with Crippen LogP contribution in [-0.2, 0) is 20.9 Å². The fourth-order valence-corrected chi connectivity index (χ4v) is 2.16. The van der Waals surface area contributed by atoms with Gasteiger partial charge in [0.1, 0.15) is 5.82 Å². The van der Waals surface area contributed by atoms with Crippen molar-refractivity contribution in [2.45, 2.75) is 39.7 Å². The summed E-state index contributed by atoms with van der Waals surface area (Å²) in [6, 6.07) is 0. The molecule has 0 saturated heterocycles. The molecule has 12 nitrogen and oxygen atoms in total. The van der Waals surface area contributed by atoms with Gasteiger partial charge in [0, 0.05) is 57.0 Å². The lowest BCUT2D eigenvalue weighted by atomic mass is 10.3. The summed E-state index contributed by atoms with van der Waals surface area (Å²) in [7, 11) is 0. The molecule has 0 aliphatic carbocycles. The van der Waals surface area contributed by atoms with Gasteiger partial charge in [-0.3, -0.25) is 24.3 Å². The monoisotopic (exact) mass is 408 g/mol. The second-order valence-electron chi connectivity index (χ2n) is 5.93. The van der Waals surface area contributed by atoms with Gasteiger partial charge in [0.15, 0.2) is 0 Å². The molecule has 0 aliphatic rings. The number of carbonyl (C=O) groups is 3. The van der Waals surface area contributed by atoms with Gasteiger partial charge in [-0.25, -0.2) is 9.78 Å². The van der Waals surface area contributed by atoms with Gasteiger partial charge in [-0.15, -0.1) is 0 Å². The molecule has 0 unspecified atom stereocenters. The predicted molar refractivity (Wildman–Crippen MR) is 104 cm³/mol. The Labute approximate surface area is 166 Å². The van der Waals surface area contributed by atoms with E-state index in [0.29, 0.717) is 31.3 Å². The Kier molecular flexibility index (Phi) is 9.57. The smallest absolute Gasteiger partial charge is 0.349 e. The first-order valence-electron chi connectivity index (χ1n) is 8.71. The molecule has 2 heterocycles. The molecular formula is C17H24N6O6. The van der Waals surface area contributed by atoms with Crippen LogP contribution >= 0.6 is 0 Å². The van der Waals surface area contributed by atoms with Crippen LogP contribution in [0.2, 0.25) is 0 Å². The third kappa shape index (κ3) is 9.70. The Bertz CT molecular complexity index is 873. The summed E-state index contributed by atoms with van der Waals surface area (Å²) >= 11 is 0. The van der Waals surface area contributed by atoms with Crippen molar-refractivity contribution in [3.8, 4) is 0 Å². The number of aryl methyl sites for hydroxylation is 2. The first-order chi connectivity index (χ1) is 13.7. The van der Waals surface area contributed by atoms with E-state index in [9.17, 15) is 14.4 Å². The number of hydrogen-bond donors (Lipinski definition) is 5. The number of imidazole rings is 1. The zero-order valence-electron chi connectivity index (χ0n) is 16.1. The third-order valence-electron chi connectivity index (χ3n) is 3.37. The number of nitrogens with one attached hydrogen (secondary N) is 3. The van der Waals surface area contributed by atoms with Gasteiger partial charge in [0.2, 0.25) is 11.9 Å². The van der Waals surface area contributed by atoms with Gasteiger partial charge in [-0.1, -0.05) is 0 Å². The molecule has 0 saturated carbocycles. The SMILES string of the molecule is CC(=O)O.Cc1cn(CCCC(=O)O)c(=O)nc1NCCC(=O)Nc1ncc[nH]1. The lowest BCUT2D eigenvalue weighted by molar-refractivity contribution is -0.137. The maximum atomic E-state index is 11.9. The fraction of sp³-hybridized carbons (Fsp3) is 0.412. The number of carboxylic acids is 2. The quantitative estimate of drug-likeness (QED) is 0.398. The van der Waals surface area contributed by atoms with E-state index in [-0.39, 0.29) is 18.7 Å². The van der Waals surface area contributed by atoms with Crippen LogP contribution in [0.15, 0.2) is 23.4 Å². The van der Waals surface area contributed by atoms with Crippen molar-refractivity contribution in [1.82, 2.24) is 19.5 Å². The molecule has 0 bridgehead atoms. The zero-order valence-corrected chi connectivity index (χ0v) is 16.1. The summed E-state index contributed by atoms with van der Waals surface area (Å²) in [4.78, 5) is 53.8. The normalized spacial score (nSPS) is 9.86. The van der Waals surface area contributed by atoms with Gasteiger partial charge >= 0.3 is 11.7 Å². The van der Waals surface area contributed by atoms with E-state index in [0.717, 1.165) is 12.5 Å². The Balaban J connectivity index is 0.000000960. The Morgan fingerprint density at radius 3 is 2.52 bits per heavy atom. The summed E-state index contributed by atoms with van der Waals surface area (Å²) in [6.07, 6.45) is 5.30. The van der Waals surface area contributed by atoms with Crippen LogP contribution in [0, 0.1) is 6.92 Å². The number of hydrogen-bond acceptors (Lipinski definition) is 7. The molecule has 12 heteroatoms. The molecule has 0 radical (unpaired) electrons. The average molecular weight is 408 g/mol. The van der Waals surface area contributed by atoms with Gasteiger partial charge in [0.05, 0.1) is 0 Å². The van der Waals surface area contributed by atoms with Crippen LogP contribution in [0.3, 0.4) is 0 Å². The minimum Gasteiger partial charge on any atom is -0.481 e. The molecule has 0 fully saturated rings. The number of aromatic nitrogens is 4. The molecular weight excluding hydrogens is 384 g/mol. The summed E-state index contributed by atoms with van der Waals surface area (Å²) in [5.41, 5.74) is 0.278. The van der Waals surface area contributed by atoms with E-state index < -0.39 is 17.6 Å². The van der Waals surface area contributed by atoms with E-state index in [1.807, 2.05) is 0 Å². The van der Waals surface area contributed by atoms with Crippen LogP contribution < -0.4 is 16.3 Å². The average Bonchev–Trinajstić information content (AvgIpc) is 3.11. The summed E-state index contributed by atoms with van der Waals surface area (Å²) in [6.45, 7) is 3.47. The van der Waals surface area contributed by atoms with Crippen molar-refractivity contribution < 1.29 is 24.6 Å². The minimum atomic E-state index is -0.899. The molecule has 5 N–H and O–H groups in total. The van der Waals surface area contributed by atoms with Gasteiger partial charge in [-0.2, -0.15) is 4.98 Å². The van der Waals surface area contributed by atoms with Gasteiger partial charge < -0.3 is 20.5 Å². The topological polar surface area (TPSA) is 179 Å². The molecule has 0 aliphatic heterocycles. The molecule has 0 aromatic carbocycles. The minimum absolute atomic E-state index is 0.00370. The predicted octanol–water partition coefficient (Wildman–Crippen LogP) is 0.671. The van der Waals surface area contributed by atoms with Crippen LogP contribution in [0.25, 0.3) is 0 Å². The van der Waals surface area contributed by atoms with Crippen LogP contribution in [0.1, 0.15) is 31.7 Å². The summed E-state index contributed by atoms with van der Waals surface area (Å²) < 4.78 is 1.38. The molecule has 2 aromatic heterocycles. The van der Waals surface area contributed by atoms with Gasteiger partial charge in [0.25, 0.3) is 5.97 Å². The number of aromatic amines is 1. The number of anilines is 2. The second-order valence-corrected chi connectivity index (χ2v) is 5.93. The molecule has 0 atom stereocenters.